The summed E-state index contributed by atoms with van der Waals surface area (Å²) in [5, 5.41) is 11.3. The van der Waals surface area contributed by atoms with Crippen LogP contribution in [0.25, 0.3) is 6.08 Å². The highest BCUT2D eigenvalue weighted by atomic mass is 32.2. The van der Waals surface area contributed by atoms with Gasteiger partial charge < -0.3 is 10.1 Å². The Morgan fingerprint density at radius 2 is 2.09 bits per heavy atom. The summed E-state index contributed by atoms with van der Waals surface area (Å²) in [5.41, 5.74) is 1.65. The molecule has 4 nitrogen and oxygen atoms in total. The van der Waals surface area contributed by atoms with Crippen molar-refractivity contribution in [3.05, 3.63) is 60.2 Å². The molecule has 2 rings (SSSR count). The number of thioether (sulfide) groups is 1. The first kappa shape index (κ1) is 16.7. The largest absolute Gasteiger partial charge is 0.479 e. The first-order chi connectivity index (χ1) is 11.2. The molecule has 0 aliphatic heterocycles. The topological polar surface area (TPSA) is 62.1 Å². The molecule has 0 saturated heterocycles. The summed E-state index contributed by atoms with van der Waals surface area (Å²) in [6.45, 7) is 0.0205. The fraction of sp³-hybridized carbons (Fsp3) is 0.111. The van der Waals surface area contributed by atoms with Crippen molar-refractivity contribution in [2.75, 3.05) is 18.2 Å². The molecule has 5 heteroatoms. The van der Waals surface area contributed by atoms with Gasteiger partial charge in [0.1, 0.15) is 11.8 Å². The highest BCUT2D eigenvalue weighted by Gasteiger charge is 1.99. The van der Waals surface area contributed by atoms with Crippen LogP contribution in [0.2, 0.25) is 0 Å². The fourth-order valence-electron chi connectivity index (χ4n) is 1.85. The average Bonchev–Trinajstić information content (AvgIpc) is 2.59. The molecule has 1 N–H and O–H groups in total. The second-order valence-corrected chi connectivity index (χ2v) is 5.45. The van der Waals surface area contributed by atoms with Crippen molar-refractivity contribution in [3.8, 4) is 11.8 Å². The van der Waals surface area contributed by atoms with E-state index in [0.717, 1.165) is 16.1 Å². The molecule has 0 unspecified atom stereocenters. The van der Waals surface area contributed by atoms with Crippen LogP contribution in [0.4, 0.5) is 5.69 Å². The van der Waals surface area contributed by atoms with Gasteiger partial charge in [-0.3, -0.25) is 4.79 Å². The van der Waals surface area contributed by atoms with Gasteiger partial charge in [-0.15, -0.1) is 11.8 Å². The summed E-state index contributed by atoms with van der Waals surface area (Å²) >= 11 is 1.63. The van der Waals surface area contributed by atoms with Crippen molar-refractivity contribution in [1.82, 2.24) is 0 Å². The smallest absolute Gasteiger partial charge is 0.248 e. The Morgan fingerprint density at radius 3 is 2.78 bits per heavy atom. The molecule has 0 aromatic heterocycles. The lowest BCUT2D eigenvalue weighted by Crippen LogP contribution is -2.07. The van der Waals surface area contributed by atoms with Crippen molar-refractivity contribution in [3.63, 3.8) is 0 Å². The van der Waals surface area contributed by atoms with E-state index in [1.54, 1.807) is 30.0 Å². The molecular formula is C18H16N2O2S. The van der Waals surface area contributed by atoms with E-state index in [9.17, 15) is 4.79 Å². The number of nitrogens with zero attached hydrogens (tertiary/aromatic N) is 1. The summed E-state index contributed by atoms with van der Waals surface area (Å²) in [6.07, 6.45) is 5.20. The van der Waals surface area contributed by atoms with Gasteiger partial charge in [0.2, 0.25) is 5.91 Å². The van der Waals surface area contributed by atoms with Crippen LogP contribution in [0, 0.1) is 11.3 Å². The van der Waals surface area contributed by atoms with Gasteiger partial charge in [-0.05, 0) is 48.2 Å². The number of nitriles is 1. The molecule has 1 amide bonds. The van der Waals surface area contributed by atoms with Crippen LogP contribution < -0.4 is 10.1 Å². The summed E-state index contributed by atoms with van der Waals surface area (Å²) in [6, 6.07) is 16.8. The Kier molecular flexibility index (Phi) is 6.28. The zero-order valence-corrected chi connectivity index (χ0v) is 13.5. The molecule has 0 radical (unpaired) electrons. The maximum atomic E-state index is 11.9. The van der Waals surface area contributed by atoms with Crippen molar-refractivity contribution in [2.24, 2.45) is 0 Å². The van der Waals surface area contributed by atoms with Crippen LogP contribution in [-0.4, -0.2) is 18.8 Å². The molecule has 2 aromatic carbocycles. The molecule has 0 aliphatic rings. The highest BCUT2D eigenvalue weighted by molar-refractivity contribution is 7.98. The van der Waals surface area contributed by atoms with E-state index in [0.29, 0.717) is 5.75 Å². The number of amides is 1. The molecule has 0 aliphatic carbocycles. The normalized spacial score (nSPS) is 10.3. The van der Waals surface area contributed by atoms with E-state index in [-0.39, 0.29) is 12.5 Å². The third kappa shape index (κ3) is 5.53. The number of carbonyl (C=O) groups excluding carboxylic acids is 1. The van der Waals surface area contributed by atoms with Gasteiger partial charge in [-0.25, -0.2) is 0 Å². The lowest BCUT2D eigenvalue weighted by molar-refractivity contribution is -0.111. The van der Waals surface area contributed by atoms with Gasteiger partial charge in [-0.1, -0.05) is 18.2 Å². The number of hydrogen-bond acceptors (Lipinski definition) is 4. The fourth-order valence-corrected chi connectivity index (χ4v) is 2.31. The average molecular weight is 324 g/mol. The maximum absolute atomic E-state index is 11.9. The van der Waals surface area contributed by atoms with E-state index in [1.807, 2.05) is 48.7 Å². The number of ether oxygens (including phenoxy) is 1. The zero-order valence-electron chi connectivity index (χ0n) is 12.7. The molecule has 0 fully saturated rings. The van der Waals surface area contributed by atoms with Gasteiger partial charge in [0, 0.05) is 16.7 Å². The molecule has 0 bridgehead atoms. The van der Waals surface area contributed by atoms with Crippen LogP contribution in [0.5, 0.6) is 5.75 Å². The lowest BCUT2D eigenvalue weighted by atomic mass is 10.2. The third-order valence-electron chi connectivity index (χ3n) is 2.95. The van der Waals surface area contributed by atoms with E-state index in [4.69, 9.17) is 10.00 Å². The SMILES string of the molecule is CSc1cccc(NC(=O)/C=C/c2ccc(OCC#N)cc2)c1. The number of nitrogens with one attached hydrogen (secondary N) is 1. The third-order valence-corrected chi connectivity index (χ3v) is 3.67. The Bertz CT molecular complexity index is 733. The van der Waals surface area contributed by atoms with E-state index >= 15 is 0 Å². The van der Waals surface area contributed by atoms with Crippen LogP contribution in [0.3, 0.4) is 0 Å². The van der Waals surface area contributed by atoms with Crippen LogP contribution in [0.15, 0.2) is 59.5 Å². The van der Waals surface area contributed by atoms with Gasteiger partial charge in [0.05, 0.1) is 0 Å². The molecule has 23 heavy (non-hydrogen) atoms. The Labute approximate surface area is 139 Å². The summed E-state index contributed by atoms with van der Waals surface area (Å²) < 4.78 is 5.17. The van der Waals surface area contributed by atoms with Crippen LogP contribution in [-0.2, 0) is 4.79 Å². The quantitative estimate of drug-likeness (QED) is 0.645. The number of anilines is 1. The monoisotopic (exact) mass is 324 g/mol. The Balaban J connectivity index is 1.93. The van der Waals surface area contributed by atoms with E-state index in [1.165, 1.54) is 6.08 Å². The molecule has 0 saturated carbocycles. The van der Waals surface area contributed by atoms with E-state index < -0.39 is 0 Å². The van der Waals surface area contributed by atoms with Crippen molar-refractivity contribution >= 4 is 29.4 Å². The van der Waals surface area contributed by atoms with Crippen molar-refractivity contribution in [2.45, 2.75) is 4.90 Å². The number of rotatable bonds is 6. The zero-order chi connectivity index (χ0) is 16.5. The molecule has 0 atom stereocenters. The second kappa shape index (κ2) is 8.66. The molecule has 2 aromatic rings. The molecular weight excluding hydrogens is 308 g/mol. The summed E-state index contributed by atoms with van der Waals surface area (Å²) in [5.74, 6) is 0.440. The van der Waals surface area contributed by atoms with Crippen molar-refractivity contribution in [1.29, 1.82) is 5.26 Å². The van der Waals surface area contributed by atoms with E-state index in [2.05, 4.69) is 5.32 Å². The van der Waals surface area contributed by atoms with Crippen LogP contribution in [0.1, 0.15) is 5.56 Å². The minimum atomic E-state index is -0.187. The highest BCUT2D eigenvalue weighted by Crippen LogP contribution is 2.19. The summed E-state index contributed by atoms with van der Waals surface area (Å²) in [4.78, 5) is 13.0. The predicted octanol–water partition coefficient (Wildman–Crippen LogP) is 3.96. The predicted molar refractivity (Wildman–Crippen MR) is 93.4 cm³/mol. The first-order valence-electron chi connectivity index (χ1n) is 6.94. The molecule has 0 spiro atoms. The lowest BCUT2D eigenvalue weighted by Gasteiger charge is -2.04. The van der Waals surface area contributed by atoms with Crippen molar-refractivity contribution < 1.29 is 9.53 Å². The Hall–Kier alpha value is -2.71. The standard InChI is InChI=1S/C18H16N2O2S/c1-23-17-4-2-3-15(13-17)20-18(21)10-7-14-5-8-16(9-6-14)22-12-11-19/h2-10,13H,12H2,1H3,(H,20,21)/b10-7+. The first-order valence-corrected chi connectivity index (χ1v) is 8.16. The molecule has 116 valence electrons. The minimum absolute atomic E-state index is 0.0205. The van der Waals surface area contributed by atoms with Gasteiger partial charge in [-0.2, -0.15) is 5.26 Å². The maximum Gasteiger partial charge on any atom is 0.248 e. The second-order valence-electron chi connectivity index (χ2n) is 4.57. The number of carbonyl (C=O) groups is 1. The van der Waals surface area contributed by atoms with Gasteiger partial charge in [0.25, 0.3) is 0 Å². The molecule has 0 heterocycles. The summed E-state index contributed by atoms with van der Waals surface area (Å²) in [7, 11) is 0. The van der Waals surface area contributed by atoms with Gasteiger partial charge >= 0.3 is 0 Å². The Morgan fingerprint density at radius 1 is 1.30 bits per heavy atom. The number of benzene rings is 2. The minimum Gasteiger partial charge on any atom is -0.479 e. The van der Waals surface area contributed by atoms with Gasteiger partial charge in [0.15, 0.2) is 6.61 Å². The van der Waals surface area contributed by atoms with Crippen LogP contribution >= 0.6 is 11.8 Å². The number of hydrogen-bond donors (Lipinski definition) is 1.